The molecule has 10 heteroatoms. The van der Waals surface area contributed by atoms with Crippen LogP contribution in [-0.4, -0.2) is 47.9 Å². The van der Waals surface area contributed by atoms with Crippen LogP contribution in [0.25, 0.3) is 16.3 Å². The second-order valence-corrected chi connectivity index (χ2v) is 7.92. The lowest BCUT2D eigenvalue weighted by Crippen LogP contribution is -2.32. The van der Waals surface area contributed by atoms with E-state index < -0.39 is 10.7 Å². The number of para-hydroxylation sites is 1. The molecule has 0 N–H and O–H groups in total. The van der Waals surface area contributed by atoms with Crippen LogP contribution in [0.5, 0.6) is 0 Å². The van der Waals surface area contributed by atoms with Crippen LogP contribution in [-0.2, 0) is 4.79 Å². The van der Waals surface area contributed by atoms with E-state index in [0.717, 1.165) is 13.0 Å². The van der Waals surface area contributed by atoms with E-state index in [-0.39, 0.29) is 29.5 Å². The predicted octanol–water partition coefficient (Wildman–Crippen LogP) is 4.76. The van der Waals surface area contributed by atoms with Crippen LogP contribution in [0, 0.1) is 15.9 Å². The molecule has 0 unspecified atom stereocenters. The number of halogens is 2. The Hall–Kier alpha value is -2.88. The molecule has 0 aliphatic carbocycles. The Morgan fingerprint density at radius 2 is 1.90 bits per heavy atom. The third-order valence-electron chi connectivity index (χ3n) is 4.36. The Morgan fingerprint density at radius 1 is 1.19 bits per heavy atom. The Balaban J connectivity index is 0.00000341. The molecular formula is C21H22ClFN4O3S. The van der Waals surface area contributed by atoms with Crippen LogP contribution in [0.1, 0.15) is 12.0 Å². The number of carbonyl (C=O) groups excluding carboxylic acids is 1. The van der Waals surface area contributed by atoms with Crippen LogP contribution in [0.4, 0.5) is 15.2 Å². The lowest BCUT2D eigenvalue weighted by molar-refractivity contribution is -0.384. The first-order valence-corrected chi connectivity index (χ1v) is 10.1. The molecule has 0 bridgehead atoms. The van der Waals surface area contributed by atoms with Crippen molar-refractivity contribution < 1.29 is 14.1 Å². The van der Waals surface area contributed by atoms with Crippen molar-refractivity contribution in [2.45, 2.75) is 6.42 Å². The zero-order chi connectivity index (χ0) is 21.7. The van der Waals surface area contributed by atoms with Gasteiger partial charge in [-0.1, -0.05) is 17.4 Å². The standard InChI is InChI=1S/C21H21FN4O3S.ClH/c1-24(2)13-4-14-25(21-23-20-17(22)5-3-6-18(20)30-21)19(27)12-9-15-7-10-16(11-8-15)26(28)29;/h3,5-12H,4,13-14H2,1-2H3;1H/b12-9+;. The van der Waals surface area contributed by atoms with Crippen molar-refractivity contribution in [2.24, 2.45) is 0 Å². The quantitative estimate of drug-likeness (QED) is 0.273. The van der Waals surface area contributed by atoms with Crippen LogP contribution >= 0.6 is 23.7 Å². The summed E-state index contributed by atoms with van der Waals surface area (Å²) in [6.07, 6.45) is 3.72. The highest BCUT2D eigenvalue weighted by atomic mass is 35.5. The maximum Gasteiger partial charge on any atom is 0.269 e. The molecule has 1 aromatic heterocycles. The van der Waals surface area contributed by atoms with Gasteiger partial charge in [0.05, 0.1) is 9.62 Å². The number of rotatable bonds is 8. The zero-order valence-electron chi connectivity index (χ0n) is 17.0. The molecule has 1 amide bonds. The first-order chi connectivity index (χ1) is 14.3. The number of carbonyl (C=O) groups is 1. The molecule has 0 aliphatic rings. The predicted molar refractivity (Wildman–Crippen MR) is 124 cm³/mol. The zero-order valence-corrected chi connectivity index (χ0v) is 18.7. The minimum absolute atomic E-state index is 0. The number of anilines is 1. The molecule has 0 saturated carbocycles. The average Bonchev–Trinajstić information content (AvgIpc) is 3.15. The van der Waals surface area contributed by atoms with Crippen molar-refractivity contribution >= 4 is 56.8 Å². The van der Waals surface area contributed by atoms with Gasteiger partial charge in [0.15, 0.2) is 5.13 Å². The number of aromatic nitrogens is 1. The molecule has 0 fully saturated rings. The summed E-state index contributed by atoms with van der Waals surface area (Å²) < 4.78 is 14.7. The van der Waals surface area contributed by atoms with E-state index in [1.54, 1.807) is 30.3 Å². The van der Waals surface area contributed by atoms with Gasteiger partial charge in [-0.2, -0.15) is 0 Å². The first-order valence-electron chi connectivity index (χ1n) is 9.29. The number of fused-ring (bicyclic) bond motifs is 1. The van der Waals surface area contributed by atoms with E-state index in [9.17, 15) is 19.3 Å². The lowest BCUT2D eigenvalue weighted by Gasteiger charge is -2.19. The van der Waals surface area contributed by atoms with Gasteiger partial charge in [0.2, 0.25) is 0 Å². The normalized spacial score (nSPS) is 11.1. The maximum atomic E-state index is 14.1. The highest BCUT2D eigenvalue weighted by molar-refractivity contribution is 7.22. The minimum atomic E-state index is -0.475. The number of nitro benzene ring substituents is 1. The summed E-state index contributed by atoms with van der Waals surface area (Å²) in [4.78, 5) is 31.1. The molecule has 164 valence electrons. The second-order valence-electron chi connectivity index (χ2n) is 6.91. The highest BCUT2D eigenvalue weighted by Crippen LogP contribution is 2.30. The Bertz CT molecular complexity index is 1090. The molecule has 0 spiro atoms. The van der Waals surface area contributed by atoms with E-state index in [4.69, 9.17) is 0 Å². The van der Waals surface area contributed by atoms with Gasteiger partial charge < -0.3 is 4.90 Å². The van der Waals surface area contributed by atoms with Gasteiger partial charge in [0.1, 0.15) is 11.3 Å². The minimum Gasteiger partial charge on any atom is -0.309 e. The number of nitro groups is 1. The number of amides is 1. The molecule has 0 atom stereocenters. The highest BCUT2D eigenvalue weighted by Gasteiger charge is 2.19. The molecule has 1 heterocycles. The fourth-order valence-corrected chi connectivity index (χ4v) is 3.84. The number of benzene rings is 2. The van der Waals surface area contributed by atoms with Gasteiger partial charge in [-0.05, 0) is 63.0 Å². The number of nitrogens with zero attached hydrogens (tertiary/aromatic N) is 4. The second kappa shape index (κ2) is 10.9. The van der Waals surface area contributed by atoms with Crippen LogP contribution in [0.3, 0.4) is 0 Å². The van der Waals surface area contributed by atoms with Crippen molar-refractivity contribution in [3.63, 3.8) is 0 Å². The largest absolute Gasteiger partial charge is 0.309 e. The summed E-state index contributed by atoms with van der Waals surface area (Å²) in [5.74, 6) is -0.705. The third-order valence-corrected chi connectivity index (χ3v) is 5.41. The molecular weight excluding hydrogens is 443 g/mol. The van der Waals surface area contributed by atoms with Crippen molar-refractivity contribution in [2.75, 3.05) is 32.1 Å². The number of thiazole rings is 1. The fourth-order valence-electron chi connectivity index (χ4n) is 2.83. The van der Waals surface area contributed by atoms with Crippen molar-refractivity contribution in [1.82, 2.24) is 9.88 Å². The average molecular weight is 465 g/mol. The van der Waals surface area contributed by atoms with Gasteiger partial charge in [-0.3, -0.25) is 19.8 Å². The summed E-state index contributed by atoms with van der Waals surface area (Å²) in [6.45, 7) is 1.22. The van der Waals surface area contributed by atoms with E-state index in [2.05, 4.69) is 4.98 Å². The third kappa shape index (κ3) is 6.30. The van der Waals surface area contributed by atoms with Crippen molar-refractivity contribution in [3.8, 4) is 0 Å². The molecule has 2 aromatic carbocycles. The van der Waals surface area contributed by atoms with E-state index in [0.29, 0.717) is 21.9 Å². The monoisotopic (exact) mass is 464 g/mol. The van der Waals surface area contributed by atoms with E-state index >= 15 is 0 Å². The number of non-ortho nitro benzene ring substituents is 1. The Morgan fingerprint density at radius 3 is 2.52 bits per heavy atom. The Kier molecular flexibility index (Phi) is 8.61. The maximum absolute atomic E-state index is 14.1. The van der Waals surface area contributed by atoms with Gasteiger partial charge in [-0.15, -0.1) is 12.4 Å². The fraction of sp³-hybridized carbons (Fsp3) is 0.238. The van der Waals surface area contributed by atoms with Gasteiger partial charge in [0.25, 0.3) is 11.6 Å². The van der Waals surface area contributed by atoms with E-state index in [1.807, 2.05) is 19.0 Å². The summed E-state index contributed by atoms with van der Waals surface area (Å²) in [5.41, 5.74) is 0.903. The summed E-state index contributed by atoms with van der Waals surface area (Å²) in [5, 5.41) is 11.2. The summed E-state index contributed by atoms with van der Waals surface area (Å²) >= 11 is 1.27. The van der Waals surface area contributed by atoms with Crippen molar-refractivity contribution in [1.29, 1.82) is 0 Å². The molecule has 3 aromatic rings. The Labute approximate surface area is 189 Å². The topological polar surface area (TPSA) is 79.6 Å². The lowest BCUT2D eigenvalue weighted by atomic mass is 10.2. The smallest absolute Gasteiger partial charge is 0.269 e. The SMILES string of the molecule is CN(C)CCCN(C(=O)/C=C/c1ccc([N+](=O)[O-])cc1)c1nc2c(F)cccc2s1.Cl. The van der Waals surface area contributed by atoms with Crippen molar-refractivity contribution in [3.05, 3.63) is 70.0 Å². The van der Waals surface area contributed by atoms with Gasteiger partial charge >= 0.3 is 0 Å². The summed E-state index contributed by atoms with van der Waals surface area (Å²) in [6, 6.07) is 10.7. The van der Waals surface area contributed by atoms with Gasteiger partial charge in [-0.25, -0.2) is 9.37 Å². The molecule has 3 rings (SSSR count). The van der Waals surface area contributed by atoms with Gasteiger partial charge in [0, 0.05) is 24.8 Å². The molecule has 7 nitrogen and oxygen atoms in total. The van der Waals surface area contributed by atoms with E-state index in [1.165, 1.54) is 40.5 Å². The van der Waals surface area contributed by atoms with Crippen LogP contribution in [0.2, 0.25) is 0 Å². The number of hydrogen-bond donors (Lipinski definition) is 0. The first kappa shape index (κ1) is 24.4. The molecule has 0 saturated heterocycles. The molecule has 0 radical (unpaired) electrons. The molecule has 0 aliphatic heterocycles. The van der Waals surface area contributed by atoms with Crippen LogP contribution in [0.15, 0.2) is 48.5 Å². The summed E-state index contributed by atoms with van der Waals surface area (Å²) in [7, 11) is 3.90. The van der Waals surface area contributed by atoms with Crippen LogP contribution < -0.4 is 4.90 Å². The number of hydrogen-bond acceptors (Lipinski definition) is 6. The molecule has 31 heavy (non-hydrogen) atoms.